The number of hydrogen-bond donors (Lipinski definition) is 0. The Kier molecular flexibility index (Phi) is 3.64. The van der Waals surface area contributed by atoms with Crippen LogP contribution in [0.25, 0.3) is 0 Å². The zero-order valence-corrected chi connectivity index (χ0v) is 10.3. The first-order valence-corrected chi connectivity index (χ1v) is 6.37. The maximum Gasteiger partial charge on any atom is 0.152 e. The molecule has 0 aliphatic rings. The summed E-state index contributed by atoms with van der Waals surface area (Å²) in [5, 5.41) is 1.93. The van der Waals surface area contributed by atoms with Crippen LogP contribution in [0.15, 0.2) is 44.8 Å². The average molecular weight is 250 g/mol. The molecule has 0 spiro atoms. The second kappa shape index (κ2) is 5.18. The Labute approximate surface area is 102 Å². The predicted octanol–water partition coefficient (Wildman–Crippen LogP) is 3.72. The summed E-state index contributed by atoms with van der Waals surface area (Å²) in [5.41, 5.74) is 0.755. The van der Waals surface area contributed by atoms with Crippen LogP contribution < -0.4 is 4.74 Å². The molecule has 2 aromatic rings. The summed E-state index contributed by atoms with van der Waals surface area (Å²) < 4.78 is 6.11. The summed E-state index contributed by atoms with van der Waals surface area (Å²) in [5.74, 6) is 0.839. The van der Waals surface area contributed by atoms with Gasteiger partial charge in [0.15, 0.2) is 6.29 Å². The van der Waals surface area contributed by atoms with E-state index in [1.54, 1.807) is 30.2 Å². The van der Waals surface area contributed by atoms with Crippen LogP contribution in [0.5, 0.6) is 5.75 Å². The molecule has 0 unspecified atom stereocenters. The van der Waals surface area contributed by atoms with Crippen LogP contribution in [0, 0.1) is 0 Å². The molecule has 1 aromatic heterocycles. The van der Waals surface area contributed by atoms with Gasteiger partial charge >= 0.3 is 0 Å². The summed E-state index contributed by atoms with van der Waals surface area (Å²) in [6.45, 7) is 0. The highest BCUT2D eigenvalue weighted by Crippen LogP contribution is 2.34. The molecule has 0 aliphatic heterocycles. The Morgan fingerprint density at radius 2 is 2.00 bits per heavy atom. The van der Waals surface area contributed by atoms with Crippen molar-refractivity contribution in [1.29, 1.82) is 0 Å². The molecule has 0 radical (unpaired) electrons. The third kappa shape index (κ3) is 2.46. The van der Waals surface area contributed by atoms with Gasteiger partial charge in [-0.25, -0.2) is 0 Å². The minimum absolute atomic E-state index is 0.755. The zero-order chi connectivity index (χ0) is 11.4. The molecule has 1 heterocycles. The van der Waals surface area contributed by atoms with E-state index in [1.807, 2.05) is 35.7 Å². The van der Waals surface area contributed by atoms with Crippen molar-refractivity contribution in [2.75, 3.05) is 7.11 Å². The van der Waals surface area contributed by atoms with Crippen LogP contribution in [-0.4, -0.2) is 13.4 Å². The van der Waals surface area contributed by atoms with Gasteiger partial charge in [0.25, 0.3) is 0 Å². The second-order valence-electron chi connectivity index (χ2n) is 3.06. The Morgan fingerprint density at radius 1 is 1.25 bits per heavy atom. The number of carbonyl (C=O) groups excluding carboxylic acids is 1. The molecule has 0 saturated heterocycles. The van der Waals surface area contributed by atoms with Gasteiger partial charge in [-0.05, 0) is 35.7 Å². The summed E-state index contributed by atoms with van der Waals surface area (Å²) in [6.07, 6.45) is 0.891. The number of hydrogen-bond acceptors (Lipinski definition) is 4. The fraction of sp³-hybridized carbons (Fsp3) is 0.0833. The molecule has 0 bridgehead atoms. The molecule has 0 N–H and O–H groups in total. The predicted molar refractivity (Wildman–Crippen MR) is 66.8 cm³/mol. The number of benzene rings is 1. The molecular formula is C12H10O2S2. The molecular weight excluding hydrogens is 240 g/mol. The van der Waals surface area contributed by atoms with Gasteiger partial charge in [-0.3, -0.25) is 4.79 Å². The Morgan fingerprint density at radius 3 is 2.62 bits per heavy atom. The average Bonchev–Trinajstić information content (AvgIpc) is 2.77. The van der Waals surface area contributed by atoms with Gasteiger partial charge in [0, 0.05) is 10.5 Å². The second-order valence-corrected chi connectivity index (χ2v) is 5.32. The van der Waals surface area contributed by atoms with E-state index >= 15 is 0 Å². The summed E-state index contributed by atoms with van der Waals surface area (Å²) >= 11 is 3.18. The minimum Gasteiger partial charge on any atom is -0.497 e. The Hall–Kier alpha value is -1.26. The van der Waals surface area contributed by atoms with E-state index < -0.39 is 0 Å². The van der Waals surface area contributed by atoms with Gasteiger partial charge in [-0.15, -0.1) is 11.3 Å². The van der Waals surface area contributed by atoms with Crippen molar-refractivity contribution in [3.8, 4) is 5.75 Å². The highest BCUT2D eigenvalue weighted by Gasteiger charge is 2.05. The van der Waals surface area contributed by atoms with Crippen LogP contribution in [0.3, 0.4) is 0 Å². The minimum atomic E-state index is 0.755. The van der Waals surface area contributed by atoms with Crippen LogP contribution in [0.4, 0.5) is 0 Å². The fourth-order valence-corrected chi connectivity index (χ4v) is 3.18. The van der Waals surface area contributed by atoms with Crippen molar-refractivity contribution >= 4 is 29.4 Å². The van der Waals surface area contributed by atoms with E-state index in [9.17, 15) is 4.79 Å². The lowest BCUT2D eigenvalue weighted by atomic mass is 10.3. The molecule has 0 aliphatic carbocycles. The zero-order valence-electron chi connectivity index (χ0n) is 8.67. The maximum absolute atomic E-state index is 10.8. The van der Waals surface area contributed by atoms with Gasteiger partial charge in [0.1, 0.15) is 5.75 Å². The SMILES string of the molecule is COc1ccc(Sc2sccc2C=O)cc1. The summed E-state index contributed by atoms with van der Waals surface area (Å²) in [7, 11) is 1.64. The topological polar surface area (TPSA) is 26.3 Å². The van der Waals surface area contributed by atoms with E-state index in [-0.39, 0.29) is 0 Å². The first-order valence-electron chi connectivity index (χ1n) is 4.68. The monoisotopic (exact) mass is 250 g/mol. The maximum atomic E-state index is 10.8. The van der Waals surface area contributed by atoms with E-state index in [1.165, 1.54) is 0 Å². The number of thiophene rings is 1. The molecule has 16 heavy (non-hydrogen) atoms. The highest BCUT2D eigenvalue weighted by atomic mass is 32.2. The molecule has 82 valence electrons. The first-order chi connectivity index (χ1) is 7.83. The number of methoxy groups -OCH3 is 1. The molecule has 0 fully saturated rings. The van der Waals surface area contributed by atoms with E-state index in [0.29, 0.717) is 0 Å². The molecule has 0 saturated carbocycles. The highest BCUT2D eigenvalue weighted by molar-refractivity contribution is 8.01. The van der Waals surface area contributed by atoms with Crippen LogP contribution >= 0.6 is 23.1 Å². The molecule has 0 atom stereocenters. The standard InChI is InChI=1S/C12H10O2S2/c1-14-10-2-4-11(5-3-10)16-12-9(8-13)6-7-15-12/h2-8H,1H3. The van der Waals surface area contributed by atoms with Crippen LogP contribution in [0.2, 0.25) is 0 Å². The summed E-state index contributed by atoms with van der Waals surface area (Å²) in [6, 6.07) is 9.63. The number of ether oxygens (including phenoxy) is 1. The van der Waals surface area contributed by atoms with Gasteiger partial charge in [-0.2, -0.15) is 0 Å². The molecule has 0 amide bonds. The normalized spacial score (nSPS) is 10.1. The Bertz CT molecular complexity index is 474. The van der Waals surface area contributed by atoms with Crippen molar-refractivity contribution in [2.45, 2.75) is 9.10 Å². The number of carbonyl (C=O) groups is 1. The smallest absolute Gasteiger partial charge is 0.152 e. The lowest BCUT2D eigenvalue weighted by Gasteiger charge is -2.02. The van der Waals surface area contributed by atoms with Crippen molar-refractivity contribution in [2.24, 2.45) is 0 Å². The molecule has 4 heteroatoms. The lowest BCUT2D eigenvalue weighted by Crippen LogP contribution is -1.81. The van der Waals surface area contributed by atoms with E-state index in [0.717, 1.165) is 26.7 Å². The van der Waals surface area contributed by atoms with Gasteiger partial charge in [0.2, 0.25) is 0 Å². The molecule has 1 aromatic carbocycles. The van der Waals surface area contributed by atoms with Crippen molar-refractivity contribution in [1.82, 2.24) is 0 Å². The number of aldehydes is 1. The summed E-state index contributed by atoms with van der Waals surface area (Å²) in [4.78, 5) is 11.9. The van der Waals surface area contributed by atoms with Crippen LogP contribution in [-0.2, 0) is 0 Å². The van der Waals surface area contributed by atoms with Gasteiger partial charge in [-0.1, -0.05) is 11.8 Å². The van der Waals surface area contributed by atoms with Crippen LogP contribution in [0.1, 0.15) is 10.4 Å². The van der Waals surface area contributed by atoms with Gasteiger partial charge < -0.3 is 4.74 Å². The fourth-order valence-electron chi connectivity index (χ4n) is 1.23. The molecule has 2 nitrogen and oxygen atoms in total. The largest absolute Gasteiger partial charge is 0.497 e. The van der Waals surface area contributed by atoms with Crippen molar-refractivity contribution < 1.29 is 9.53 Å². The van der Waals surface area contributed by atoms with Crippen molar-refractivity contribution in [3.05, 3.63) is 41.3 Å². The third-order valence-electron chi connectivity index (χ3n) is 2.06. The molecule has 2 rings (SSSR count). The quantitative estimate of drug-likeness (QED) is 0.774. The first kappa shape index (κ1) is 11.2. The van der Waals surface area contributed by atoms with E-state index in [2.05, 4.69) is 0 Å². The Balaban J connectivity index is 2.17. The van der Waals surface area contributed by atoms with Crippen molar-refractivity contribution in [3.63, 3.8) is 0 Å². The third-order valence-corrected chi connectivity index (χ3v) is 4.24. The number of rotatable bonds is 4. The lowest BCUT2D eigenvalue weighted by molar-refractivity contribution is 0.112. The van der Waals surface area contributed by atoms with E-state index in [4.69, 9.17) is 4.74 Å². The van der Waals surface area contributed by atoms with Gasteiger partial charge in [0.05, 0.1) is 11.3 Å².